The second kappa shape index (κ2) is 11.8. The molecule has 1 atom stereocenters. The van der Waals surface area contributed by atoms with Crippen molar-refractivity contribution < 1.29 is 9.59 Å². The summed E-state index contributed by atoms with van der Waals surface area (Å²) < 4.78 is 0. The third-order valence-electron chi connectivity index (χ3n) is 4.58. The van der Waals surface area contributed by atoms with Crippen LogP contribution in [0.4, 0.5) is 0 Å². The fourth-order valence-corrected chi connectivity index (χ4v) is 4.46. The molecule has 0 saturated carbocycles. The topological polar surface area (TPSA) is 49.4 Å². The molecule has 0 saturated heterocycles. The quantitative estimate of drug-likeness (QED) is 0.482. The van der Waals surface area contributed by atoms with E-state index in [0.717, 1.165) is 16.9 Å². The number of nitrogens with zero attached hydrogens (tertiary/aromatic N) is 1. The van der Waals surface area contributed by atoms with E-state index in [4.69, 9.17) is 23.2 Å². The van der Waals surface area contributed by atoms with Gasteiger partial charge in [-0.05, 0) is 50.5 Å². The van der Waals surface area contributed by atoms with Gasteiger partial charge in [0.1, 0.15) is 6.04 Å². The van der Waals surface area contributed by atoms with Gasteiger partial charge in [-0.1, -0.05) is 66.5 Å². The number of halogens is 2. The molecule has 1 N–H and O–H groups in total. The Bertz CT molecular complexity index is 885. The Labute approximate surface area is 199 Å². The molecule has 2 rings (SSSR count). The fourth-order valence-electron chi connectivity index (χ4n) is 3.12. The van der Waals surface area contributed by atoms with Crippen molar-refractivity contribution in [3.63, 3.8) is 0 Å². The second-order valence-electron chi connectivity index (χ2n) is 8.40. The Morgan fingerprint density at radius 2 is 1.77 bits per heavy atom. The normalized spacial score (nSPS) is 12.3. The van der Waals surface area contributed by atoms with Gasteiger partial charge >= 0.3 is 0 Å². The van der Waals surface area contributed by atoms with Crippen molar-refractivity contribution in [2.45, 2.75) is 58.0 Å². The van der Waals surface area contributed by atoms with E-state index in [2.05, 4.69) is 5.32 Å². The highest BCUT2D eigenvalue weighted by Crippen LogP contribution is 2.24. The summed E-state index contributed by atoms with van der Waals surface area (Å²) in [5, 5.41) is 4.01. The highest BCUT2D eigenvalue weighted by molar-refractivity contribution is 7.99. The average Bonchev–Trinajstić information content (AvgIpc) is 2.68. The summed E-state index contributed by atoms with van der Waals surface area (Å²) in [4.78, 5) is 27.9. The first-order valence-corrected chi connectivity index (χ1v) is 12.2. The number of hydrogen-bond donors (Lipinski definition) is 1. The number of hydrogen-bond acceptors (Lipinski definition) is 3. The van der Waals surface area contributed by atoms with Gasteiger partial charge in [0, 0.05) is 27.9 Å². The molecule has 4 nitrogen and oxygen atoms in total. The maximum Gasteiger partial charge on any atom is 0.243 e. The Kier molecular flexibility index (Phi) is 9.73. The Morgan fingerprint density at radius 3 is 2.35 bits per heavy atom. The van der Waals surface area contributed by atoms with Crippen LogP contribution in [0, 0.1) is 0 Å². The van der Waals surface area contributed by atoms with E-state index in [0.29, 0.717) is 16.5 Å². The summed E-state index contributed by atoms with van der Waals surface area (Å²) in [5.41, 5.74) is 1.53. The lowest BCUT2D eigenvalue weighted by Crippen LogP contribution is -2.53. The van der Waals surface area contributed by atoms with Gasteiger partial charge in [0.2, 0.25) is 11.8 Å². The van der Waals surface area contributed by atoms with E-state index >= 15 is 0 Å². The largest absolute Gasteiger partial charge is 0.350 e. The molecule has 2 aromatic carbocycles. The molecule has 0 spiro atoms. The average molecular weight is 481 g/mol. The second-order valence-corrected chi connectivity index (χ2v) is 10.2. The molecule has 2 aromatic rings. The van der Waals surface area contributed by atoms with Gasteiger partial charge in [-0.2, -0.15) is 0 Å². The van der Waals surface area contributed by atoms with E-state index in [1.165, 1.54) is 11.8 Å². The molecule has 0 aliphatic carbocycles. The third-order valence-corrected chi connectivity index (χ3v) is 6.15. The minimum absolute atomic E-state index is 0.0946. The Morgan fingerprint density at radius 1 is 1.10 bits per heavy atom. The number of thioether (sulfide) groups is 1. The van der Waals surface area contributed by atoms with Crippen molar-refractivity contribution in [3.05, 3.63) is 69.7 Å². The van der Waals surface area contributed by atoms with E-state index < -0.39 is 6.04 Å². The van der Waals surface area contributed by atoms with Crippen LogP contribution in [0.2, 0.25) is 10.0 Å². The Hall–Kier alpha value is -1.69. The third kappa shape index (κ3) is 8.40. The number of carbonyl (C=O) groups excluding carboxylic acids is 2. The van der Waals surface area contributed by atoms with Crippen molar-refractivity contribution in [3.8, 4) is 0 Å². The predicted octanol–water partition coefficient (Wildman–Crippen LogP) is 5.95. The maximum atomic E-state index is 13.2. The zero-order valence-corrected chi connectivity index (χ0v) is 20.8. The molecule has 0 radical (unpaired) electrons. The van der Waals surface area contributed by atoms with Crippen LogP contribution in [0.1, 0.15) is 45.2 Å². The Balaban J connectivity index is 2.20. The summed E-state index contributed by atoms with van der Waals surface area (Å²) in [5.74, 6) is 0.747. The van der Waals surface area contributed by atoms with Crippen molar-refractivity contribution in [1.29, 1.82) is 0 Å². The van der Waals surface area contributed by atoms with Gasteiger partial charge in [0.25, 0.3) is 0 Å². The minimum Gasteiger partial charge on any atom is -0.350 e. The van der Waals surface area contributed by atoms with Crippen molar-refractivity contribution >= 4 is 46.8 Å². The van der Waals surface area contributed by atoms with Gasteiger partial charge in [-0.15, -0.1) is 11.8 Å². The first-order valence-electron chi connectivity index (χ1n) is 10.3. The molecule has 0 unspecified atom stereocenters. The van der Waals surface area contributed by atoms with Gasteiger partial charge in [-0.3, -0.25) is 9.59 Å². The molecular weight excluding hydrogens is 451 g/mol. The maximum absolute atomic E-state index is 13.2. The highest BCUT2D eigenvalue weighted by atomic mass is 35.5. The molecular formula is C24H30Cl2N2O2S. The molecule has 168 valence electrons. The zero-order chi connectivity index (χ0) is 23.0. The van der Waals surface area contributed by atoms with Crippen LogP contribution in [0.5, 0.6) is 0 Å². The van der Waals surface area contributed by atoms with Gasteiger partial charge in [0.05, 0.1) is 5.75 Å². The SMILES string of the molecule is CC[C@H](C(=O)NC(C)(C)C)N(Cc1ccc(Cl)cc1Cl)C(=O)CSCc1ccccc1. The number of benzene rings is 2. The molecule has 0 fully saturated rings. The van der Waals surface area contributed by atoms with Crippen molar-refractivity contribution in [2.24, 2.45) is 0 Å². The molecule has 7 heteroatoms. The number of carbonyl (C=O) groups is 2. The van der Waals surface area contributed by atoms with Crippen LogP contribution in [-0.4, -0.2) is 34.0 Å². The summed E-state index contributed by atoms with van der Waals surface area (Å²) >= 11 is 13.9. The number of nitrogens with one attached hydrogen (secondary N) is 1. The zero-order valence-electron chi connectivity index (χ0n) is 18.5. The van der Waals surface area contributed by atoms with E-state index in [9.17, 15) is 9.59 Å². The summed E-state index contributed by atoms with van der Waals surface area (Å²) in [6.07, 6.45) is 0.502. The van der Waals surface area contributed by atoms with Crippen LogP contribution in [0.3, 0.4) is 0 Å². The van der Waals surface area contributed by atoms with Crippen LogP contribution >= 0.6 is 35.0 Å². The fraction of sp³-hybridized carbons (Fsp3) is 0.417. The van der Waals surface area contributed by atoms with Crippen molar-refractivity contribution in [1.82, 2.24) is 10.2 Å². The molecule has 0 aliphatic heterocycles. The van der Waals surface area contributed by atoms with E-state index in [1.54, 1.807) is 23.1 Å². The minimum atomic E-state index is -0.587. The lowest BCUT2D eigenvalue weighted by atomic mass is 10.1. The summed E-state index contributed by atoms with van der Waals surface area (Å²) in [6.45, 7) is 7.94. The summed E-state index contributed by atoms with van der Waals surface area (Å²) in [6, 6.07) is 14.6. The monoisotopic (exact) mass is 480 g/mol. The molecule has 0 aliphatic rings. The molecule has 0 bridgehead atoms. The number of rotatable bonds is 9. The highest BCUT2D eigenvalue weighted by Gasteiger charge is 2.30. The molecule has 31 heavy (non-hydrogen) atoms. The van der Waals surface area contributed by atoms with Crippen LogP contribution < -0.4 is 5.32 Å². The first kappa shape index (κ1) is 25.6. The molecule has 0 heterocycles. The van der Waals surface area contributed by atoms with Crippen LogP contribution in [0.15, 0.2) is 48.5 Å². The van der Waals surface area contributed by atoms with E-state index in [-0.39, 0.29) is 29.7 Å². The van der Waals surface area contributed by atoms with Crippen LogP contribution in [0.25, 0.3) is 0 Å². The van der Waals surface area contributed by atoms with Gasteiger partial charge in [0.15, 0.2) is 0 Å². The van der Waals surface area contributed by atoms with Crippen LogP contribution in [-0.2, 0) is 21.9 Å². The summed E-state index contributed by atoms with van der Waals surface area (Å²) in [7, 11) is 0. The van der Waals surface area contributed by atoms with E-state index in [1.807, 2.05) is 58.0 Å². The first-order chi connectivity index (χ1) is 14.6. The smallest absolute Gasteiger partial charge is 0.243 e. The van der Waals surface area contributed by atoms with Gasteiger partial charge < -0.3 is 10.2 Å². The molecule has 2 amide bonds. The standard InChI is InChI=1S/C24H30Cl2N2O2S/c1-5-21(23(30)27-24(2,3)4)28(14-18-11-12-19(25)13-20(18)26)22(29)16-31-15-17-9-7-6-8-10-17/h6-13,21H,5,14-16H2,1-4H3,(H,27,30)/t21-/m1/s1. The lowest BCUT2D eigenvalue weighted by molar-refractivity contribution is -0.140. The lowest BCUT2D eigenvalue weighted by Gasteiger charge is -2.33. The van der Waals surface area contributed by atoms with Crippen molar-refractivity contribution in [2.75, 3.05) is 5.75 Å². The van der Waals surface area contributed by atoms with Gasteiger partial charge in [-0.25, -0.2) is 0 Å². The predicted molar refractivity (Wildman–Crippen MR) is 132 cm³/mol. The number of amides is 2. The molecule has 0 aromatic heterocycles.